The Labute approximate surface area is 202 Å². The van der Waals surface area contributed by atoms with Gasteiger partial charge in [-0.2, -0.15) is 0 Å². The van der Waals surface area contributed by atoms with Crippen molar-refractivity contribution in [2.24, 2.45) is 0 Å². The maximum absolute atomic E-state index is 12.5. The molecule has 2 aromatic rings. The maximum atomic E-state index is 12.5. The predicted molar refractivity (Wildman–Crippen MR) is 121 cm³/mol. The first-order chi connectivity index (χ1) is 16.6. The molecule has 0 spiro atoms. The first kappa shape index (κ1) is 26.0. The standard InChI is InChI=1S/C21H28BN5O8/c1-13(2)34-21(30)33-12-32-20(29)16-7-5-6-14-8-17(22(31)35-19(14)16)23-18(28)11-27-10-15(24-25-27)9-26(3)4/h5-7,10,13,17,31H,8-9,11-12H2,1-4H3,(H,23,28)/t17-/m0/s1. The molecule has 2 N–H and O–H groups in total. The maximum Gasteiger partial charge on any atom is 0.547 e. The van der Waals surface area contributed by atoms with Gasteiger partial charge in [0.05, 0.1) is 23.9 Å². The summed E-state index contributed by atoms with van der Waals surface area (Å²) < 4.78 is 21.4. The number of fused-ring (bicyclic) bond motifs is 1. The van der Waals surface area contributed by atoms with E-state index in [-0.39, 0.29) is 36.3 Å². The SMILES string of the molecule is CC(C)OC(=O)OCOC(=O)c1cccc2c1OB(O)[C@@H](NC(=O)Cn1cc(CN(C)C)nn1)C2. The molecular formula is C21H28BN5O8. The van der Waals surface area contributed by atoms with Crippen molar-refractivity contribution >= 4 is 25.2 Å². The molecule has 1 aliphatic heterocycles. The second kappa shape index (κ2) is 11.7. The van der Waals surface area contributed by atoms with Crippen molar-refractivity contribution < 1.29 is 38.3 Å². The van der Waals surface area contributed by atoms with Gasteiger partial charge in [-0.25, -0.2) is 14.3 Å². The number of nitrogens with zero attached hydrogens (tertiary/aromatic N) is 4. The Morgan fingerprint density at radius 2 is 2.09 bits per heavy atom. The normalized spacial score (nSPS) is 14.8. The molecule has 1 aromatic carbocycles. The minimum atomic E-state index is -1.40. The number of nitrogens with one attached hydrogen (secondary N) is 1. The second-order valence-corrected chi connectivity index (χ2v) is 8.44. The van der Waals surface area contributed by atoms with E-state index in [2.05, 4.69) is 20.4 Å². The van der Waals surface area contributed by atoms with Crippen LogP contribution in [-0.4, -0.2) is 83.0 Å². The molecule has 1 amide bonds. The molecule has 188 valence electrons. The fourth-order valence-corrected chi connectivity index (χ4v) is 3.36. The monoisotopic (exact) mass is 489 g/mol. The number of esters is 1. The third-order valence-corrected chi connectivity index (χ3v) is 4.75. The molecule has 3 rings (SSSR count). The highest BCUT2D eigenvalue weighted by molar-refractivity contribution is 6.47. The summed E-state index contributed by atoms with van der Waals surface area (Å²) >= 11 is 0. The number of benzene rings is 1. The average molecular weight is 489 g/mol. The fourth-order valence-electron chi connectivity index (χ4n) is 3.36. The molecule has 0 unspecified atom stereocenters. The first-order valence-corrected chi connectivity index (χ1v) is 10.9. The van der Waals surface area contributed by atoms with Crippen molar-refractivity contribution in [2.75, 3.05) is 20.9 Å². The van der Waals surface area contributed by atoms with Gasteiger partial charge in [-0.15, -0.1) is 5.10 Å². The number of carbonyl (C=O) groups is 3. The molecule has 14 heteroatoms. The molecule has 35 heavy (non-hydrogen) atoms. The number of hydrogen-bond acceptors (Lipinski definition) is 11. The summed E-state index contributed by atoms with van der Waals surface area (Å²) in [6, 6.07) is 4.78. The summed E-state index contributed by atoms with van der Waals surface area (Å²) in [6.07, 6.45) is 0.545. The van der Waals surface area contributed by atoms with Crippen molar-refractivity contribution in [3.8, 4) is 5.75 Å². The minimum Gasteiger partial charge on any atom is -0.534 e. The van der Waals surface area contributed by atoms with E-state index in [9.17, 15) is 19.4 Å². The number of ether oxygens (including phenoxy) is 3. The molecule has 1 aromatic heterocycles. The van der Waals surface area contributed by atoms with Crippen LogP contribution in [0, 0.1) is 0 Å². The van der Waals surface area contributed by atoms with Gasteiger partial charge in [0.15, 0.2) is 0 Å². The van der Waals surface area contributed by atoms with E-state index in [4.69, 9.17) is 14.1 Å². The van der Waals surface area contributed by atoms with Crippen LogP contribution in [0.1, 0.15) is 35.5 Å². The Bertz CT molecular complexity index is 1060. The van der Waals surface area contributed by atoms with Crippen LogP contribution in [0.25, 0.3) is 0 Å². The smallest absolute Gasteiger partial charge is 0.534 e. The number of hydrogen-bond donors (Lipinski definition) is 2. The summed E-state index contributed by atoms with van der Waals surface area (Å²) in [5.74, 6) is -1.82. The molecule has 0 saturated carbocycles. The summed E-state index contributed by atoms with van der Waals surface area (Å²) in [7, 11) is 2.39. The lowest BCUT2D eigenvalue weighted by Gasteiger charge is -2.29. The Hall–Kier alpha value is -3.65. The van der Waals surface area contributed by atoms with Crippen LogP contribution in [0.5, 0.6) is 5.75 Å². The number of carbonyl (C=O) groups excluding carboxylic acids is 3. The number of amides is 1. The summed E-state index contributed by atoms with van der Waals surface area (Å²) in [5, 5.41) is 21.1. The number of para-hydroxylation sites is 1. The van der Waals surface area contributed by atoms with Crippen molar-refractivity contribution in [3.05, 3.63) is 41.2 Å². The van der Waals surface area contributed by atoms with Gasteiger partial charge in [-0.3, -0.25) is 4.79 Å². The Balaban J connectivity index is 1.57. The highest BCUT2D eigenvalue weighted by Crippen LogP contribution is 2.30. The molecule has 0 fully saturated rings. The van der Waals surface area contributed by atoms with Gasteiger partial charge in [0.1, 0.15) is 17.9 Å². The summed E-state index contributed by atoms with van der Waals surface area (Å²) in [4.78, 5) is 38.3. The molecule has 0 radical (unpaired) electrons. The Morgan fingerprint density at radius 1 is 1.31 bits per heavy atom. The summed E-state index contributed by atoms with van der Waals surface area (Å²) in [6.45, 7) is 3.17. The quantitative estimate of drug-likeness (QED) is 0.281. The fraction of sp³-hybridized carbons (Fsp3) is 0.476. The van der Waals surface area contributed by atoms with E-state index in [0.29, 0.717) is 12.1 Å². The van der Waals surface area contributed by atoms with Gasteiger partial charge in [-0.05, 0) is 46.0 Å². The van der Waals surface area contributed by atoms with Crippen LogP contribution >= 0.6 is 0 Å². The van der Waals surface area contributed by atoms with Crippen LogP contribution in [0.4, 0.5) is 4.79 Å². The zero-order chi connectivity index (χ0) is 25.5. The van der Waals surface area contributed by atoms with E-state index in [1.54, 1.807) is 32.2 Å². The Morgan fingerprint density at radius 3 is 2.80 bits per heavy atom. The van der Waals surface area contributed by atoms with Gasteiger partial charge in [0.25, 0.3) is 0 Å². The summed E-state index contributed by atoms with van der Waals surface area (Å²) in [5.41, 5.74) is 1.35. The zero-order valence-electron chi connectivity index (χ0n) is 20.0. The highest BCUT2D eigenvalue weighted by Gasteiger charge is 2.38. The molecule has 0 aliphatic carbocycles. The molecular weight excluding hydrogens is 461 g/mol. The zero-order valence-corrected chi connectivity index (χ0v) is 20.0. The van der Waals surface area contributed by atoms with Crippen molar-refractivity contribution in [1.82, 2.24) is 25.2 Å². The molecule has 0 bridgehead atoms. The average Bonchev–Trinajstić information content (AvgIpc) is 3.19. The highest BCUT2D eigenvalue weighted by atomic mass is 16.8. The topological polar surface area (TPSA) is 154 Å². The van der Waals surface area contributed by atoms with E-state index < -0.39 is 32.0 Å². The van der Waals surface area contributed by atoms with Crippen molar-refractivity contribution in [2.45, 2.75) is 45.4 Å². The van der Waals surface area contributed by atoms with Crippen LogP contribution in [0.2, 0.25) is 0 Å². The van der Waals surface area contributed by atoms with Gasteiger partial charge in [0, 0.05) is 6.54 Å². The lowest BCUT2D eigenvalue weighted by atomic mass is 9.72. The van der Waals surface area contributed by atoms with Gasteiger partial charge in [0.2, 0.25) is 12.7 Å². The number of aromatic nitrogens is 3. The number of rotatable bonds is 9. The van der Waals surface area contributed by atoms with E-state index >= 15 is 0 Å². The molecule has 1 aliphatic rings. The van der Waals surface area contributed by atoms with Gasteiger partial charge < -0.3 is 34.1 Å². The minimum absolute atomic E-state index is 0.0446. The van der Waals surface area contributed by atoms with Crippen molar-refractivity contribution in [3.63, 3.8) is 0 Å². The lowest BCUT2D eigenvalue weighted by molar-refractivity contribution is -0.122. The van der Waals surface area contributed by atoms with Crippen LogP contribution in [0.15, 0.2) is 24.4 Å². The predicted octanol–water partition coefficient (Wildman–Crippen LogP) is 0.155. The first-order valence-electron chi connectivity index (χ1n) is 10.9. The Kier molecular flexibility index (Phi) is 8.65. The molecule has 1 atom stereocenters. The van der Waals surface area contributed by atoms with E-state index in [1.165, 1.54) is 10.7 Å². The molecule has 0 saturated heterocycles. The third-order valence-electron chi connectivity index (χ3n) is 4.75. The second-order valence-electron chi connectivity index (χ2n) is 8.44. The largest absolute Gasteiger partial charge is 0.547 e. The van der Waals surface area contributed by atoms with Crippen molar-refractivity contribution in [1.29, 1.82) is 0 Å². The van der Waals surface area contributed by atoms with Gasteiger partial charge >= 0.3 is 19.2 Å². The third kappa shape index (κ3) is 7.42. The lowest BCUT2D eigenvalue weighted by Crippen LogP contribution is -2.53. The van der Waals surface area contributed by atoms with E-state index in [0.717, 1.165) is 5.69 Å². The van der Waals surface area contributed by atoms with Crippen LogP contribution in [-0.2, 0) is 38.5 Å². The molecule has 2 heterocycles. The van der Waals surface area contributed by atoms with Crippen LogP contribution < -0.4 is 9.97 Å². The van der Waals surface area contributed by atoms with E-state index in [1.807, 2.05) is 19.0 Å². The molecule has 13 nitrogen and oxygen atoms in total. The van der Waals surface area contributed by atoms with Gasteiger partial charge in [-0.1, -0.05) is 17.3 Å². The van der Waals surface area contributed by atoms with Crippen LogP contribution in [0.3, 0.4) is 0 Å².